The van der Waals surface area contributed by atoms with Gasteiger partial charge in [-0.15, -0.1) is 10.2 Å². The van der Waals surface area contributed by atoms with Crippen LogP contribution in [0.5, 0.6) is 0 Å². The summed E-state index contributed by atoms with van der Waals surface area (Å²) in [5.41, 5.74) is 2.37. The Morgan fingerprint density at radius 2 is 1.49 bits per heavy atom. The van der Waals surface area contributed by atoms with E-state index in [1.54, 1.807) is 28.8 Å². The molecule has 3 aromatic carbocycles. The van der Waals surface area contributed by atoms with Crippen molar-refractivity contribution in [3.63, 3.8) is 0 Å². The first-order chi connectivity index (χ1) is 17.9. The van der Waals surface area contributed by atoms with Crippen LogP contribution in [0.15, 0.2) is 93.8 Å². The van der Waals surface area contributed by atoms with Gasteiger partial charge in [-0.05, 0) is 42.3 Å². The van der Waals surface area contributed by atoms with Crippen LogP contribution in [0.1, 0.15) is 36.1 Å². The highest BCUT2D eigenvalue weighted by Crippen LogP contribution is 2.48. The van der Waals surface area contributed by atoms with Crippen molar-refractivity contribution in [3.8, 4) is 0 Å². The third-order valence-corrected chi connectivity index (χ3v) is 8.28. The number of amides is 2. The molecule has 0 radical (unpaired) electrons. The van der Waals surface area contributed by atoms with Gasteiger partial charge in [0.25, 0.3) is 5.91 Å². The molecule has 1 atom stereocenters. The quantitative estimate of drug-likeness (QED) is 0.302. The molecule has 1 aromatic heterocycles. The lowest BCUT2D eigenvalue weighted by Gasteiger charge is -2.30. The van der Waals surface area contributed by atoms with Crippen molar-refractivity contribution < 1.29 is 9.59 Å². The lowest BCUT2D eigenvalue weighted by molar-refractivity contribution is -0.115. The molecule has 2 heterocycles. The van der Waals surface area contributed by atoms with Gasteiger partial charge in [0.2, 0.25) is 5.91 Å². The number of aromatic nitrogens is 3. The fourth-order valence-corrected chi connectivity index (χ4v) is 6.06. The summed E-state index contributed by atoms with van der Waals surface area (Å²) >= 11 is 3.01. The van der Waals surface area contributed by atoms with Crippen LogP contribution >= 0.6 is 23.5 Å². The second-order valence-electron chi connectivity index (χ2n) is 9.02. The summed E-state index contributed by atoms with van der Waals surface area (Å²) < 4.78 is 1.86. The van der Waals surface area contributed by atoms with Crippen molar-refractivity contribution in [2.24, 2.45) is 13.0 Å². The predicted octanol–water partition coefficient (Wildman–Crippen LogP) is 5.86. The van der Waals surface area contributed by atoms with Gasteiger partial charge in [0.05, 0.1) is 23.2 Å². The van der Waals surface area contributed by atoms with Crippen LogP contribution in [-0.2, 0) is 11.8 Å². The molecule has 2 amide bonds. The van der Waals surface area contributed by atoms with Crippen LogP contribution in [0.3, 0.4) is 0 Å². The monoisotopic (exact) mass is 529 g/mol. The third kappa shape index (κ3) is 5.14. The van der Waals surface area contributed by atoms with Crippen molar-refractivity contribution in [2.45, 2.75) is 34.8 Å². The first kappa shape index (κ1) is 25.1. The third-order valence-electron chi connectivity index (χ3n) is 6.14. The van der Waals surface area contributed by atoms with Gasteiger partial charge >= 0.3 is 0 Å². The molecule has 0 saturated heterocycles. The minimum Gasteiger partial charge on any atom is -0.342 e. The van der Waals surface area contributed by atoms with Crippen molar-refractivity contribution in [1.82, 2.24) is 20.1 Å². The highest BCUT2D eigenvalue weighted by Gasteiger charge is 2.29. The van der Waals surface area contributed by atoms with Crippen LogP contribution in [0.2, 0.25) is 0 Å². The first-order valence-corrected chi connectivity index (χ1v) is 13.8. The Morgan fingerprint density at radius 1 is 0.892 bits per heavy atom. The number of carbonyl (C=O) groups is 2. The van der Waals surface area contributed by atoms with E-state index in [0.717, 1.165) is 21.2 Å². The number of hydrogen-bond acceptors (Lipinski definition) is 6. The number of anilines is 2. The van der Waals surface area contributed by atoms with Crippen LogP contribution in [0, 0.1) is 5.92 Å². The fraction of sp³-hybridized carbons (Fsp3) is 0.214. The molecule has 1 aliphatic heterocycles. The van der Waals surface area contributed by atoms with Crippen LogP contribution in [-0.4, -0.2) is 32.3 Å². The fourth-order valence-electron chi connectivity index (χ4n) is 4.23. The van der Waals surface area contributed by atoms with Crippen LogP contribution in [0.4, 0.5) is 11.4 Å². The van der Waals surface area contributed by atoms with E-state index < -0.39 is 0 Å². The van der Waals surface area contributed by atoms with Crippen molar-refractivity contribution in [2.75, 3.05) is 10.7 Å². The molecule has 1 unspecified atom stereocenters. The summed E-state index contributed by atoms with van der Waals surface area (Å²) in [7, 11) is 1.87. The van der Waals surface area contributed by atoms with E-state index in [1.807, 2.05) is 92.2 Å². The number of para-hydroxylation sites is 2. The van der Waals surface area contributed by atoms with Crippen molar-refractivity contribution in [1.29, 1.82) is 0 Å². The van der Waals surface area contributed by atoms with Gasteiger partial charge in [-0.2, -0.15) is 0 Å². The lowest BCUT2D eigenvalue weighted by Crippen LogP contribution is -2.33. The molecule has 1 N–H and O–H groups in total. The zero-order valence-electron chi connectivity index (χ0n) is 20.8. The number of thioether (sulfide) groups is 1. The van der Waals surface area contributed by atoms with E-state index in [4.69, 9.17) is 0 Å². The second kappa shape index (κ2) is 10.8. The number of hydrogen-bond donors (Lipinski definition) is 1. The molecule has 0 aliphatic carbocycles. The highest BCUT2D eigenvalue weighted by molar-refractivity contribution is 8.00. The SMILES string of the molecule is CC(C)C(NC(=O)c1ccccc1)c1nnc(SCC(=O)N2c3ccccc3Sc3ccccc32)n1C. The van der Waals surface area contributed by atoms with Crippen molar-refractivity contribution >= 4 is 46.7 Å². The van der Waals surface area contributed by atoms with E-state index in [2.05, 4.69) is 15.5 Å². The summed E-state index contributed by atoms with van der Waals surface area (Å²) in [6.45, 7) is 4.06. The minimum atomic E-state index is -0.326. The van der Waals surface area contributed by atoms with E-state index in [-0.39, 0.29) is 29.5 Å². The molecule has 37 heavy (non-hydrogen) atoms. The maximum Gasteiger partial charge on any atom is 0.251 e. The van der Waals surface area contributed by atoms with Gasteiger partial charge in [-0.1, -0.05) is 79.8 Å². The lowest BCUT2D eigenvalue weighted by atomic mass is 10.0. The number of fused-ring (bicyclic) bond motifs is 2. The Bertz CT molecular complexity index is 1390. The summed E-state index contributed by atoms with van der Waals surface area (Å²) in [4.78, 5) is 30.3. The molecular formula is C28H27N5O2S2. The van der Waals surface area contributed by atoms with Gasteiger partial charge in [0, 0.05) is 22.4 Å². The van der Waals surface area contributed by atoms with Gasteiger partial charge in [-0.25, -0.2) is 0 Å². The zero-order chi connectivity index (χ0) is 25.9. The molecule has 1 aliphatic rings. The zero-order valence-corrected chi connectivity index (χ0v) is 22.4. The highest BCUT2D eigenvalue weighted by atomic mass is 32.2. The Kier molecular flexibility index (Phi) is 7.34. The smallest absolute Gasteiger partial charge is 0.251 e. The van der Waals surface area contributed by atoms with Crippen molar-refractivity contribution in [3.05, 3.63) is 90.3 Å². The maximum absolute atomic E-state index is 13.5. The Hall–Kier alpha value is -3.56. The number of rotatable bonds is 7. The van der Waals surface area contributed by atoms with Gasteiger partial charge in [0.15, 0.2) is 11.0 Å². The average Bonchev–Trinajstić information content (AvgIpc) is 3.28. The standard InChI is InChI=1S/C28H27N5O2S2/c1-18(2)25(29-27(35)19-11-5-4-6-12-19)26-30-31-28(32(26)3)36-17-24(34)33-20-13-7-9-15-22(20)37-23-16-10-8-14-21(23)33/h4-16,18,25H,17H2,1-3H3,(H,29,35). The number of carbonyl (C=O) groups excluding carboxylic acids is 2. The normalized spacial score (nSPS) is 13.1. The molecule has 0 bridgehead atoms. The van der Waals surface area contributed by atoms with Crippen LogP contribution in [0.25, 0.3) is 0 Å². The molecule has 9 heteroatoms. The molecule has 188 valence electrons. The molecule has 0 fully saturated rings. The van der Waals surface area contributed by atoms with Gasteiger partial charge in [0.1, 0.15) is 0 Å². The topological polar surface area (TPSA) is 80.1 Å². The second-order valence-corrected chi connectivity index (χ2v) is 11.0. The molecule has 4 aromatic rings. The van der Waals surface area contributed by atoms with Gasteiger partial charge in [-0.3, -0.25) is 14.5 Å². The van der Waals surface area contributed by atoms with E-state index in [1.165, 1.54) is 11.8 Å². The van der Waals surface area contributed by atoms with E-state index in [9.17, 15) is 9.59 Å². The molecule has 5 rings (SSSR count). The summed E-state index contributed by atoms with van der Waals surface area (Å²) in [5.74, 6) is 0.745. The van der Waals surface area contributed by atoms with E-state index >= 15 is 0 Å². The van der Waals surface area contributed by atoms with Gasteiger partial charge < -0.3 is 9.88 Å². The average molecular weight is 530 g/mol. The molecule has 7 nitrogen and oxygen atoms in total. The maximum atomic E-state index is 13.5. The summed E-state index contributed by atoms with van der Waals surface area (Å²) in [6, 6.07) is 24.7. The number of nitrogens with one attached hydrogen (secondary N) is 1. The Labute approximate surface area is 224 Å². The molecule has 0 saturated carbocycles. The Balaban J connectivity index is 1.34. The summed E-state index contributed by atoms with van der Waals surface area (Å²) in [6.07, 6.45) is 0. The Morgan fingerprint density at radius 3 is 2.11 bits per heavy atom. The molecular weight excluding hydrogens is 502 g/mol. The van der Waals surface area contributed by atoms with E-state index in [0.29, 0.717) is 16.5 Å². The number of benzene rings is 3. The van der Waals surface area contributed by atoms with Crippen LogP contribution < -0.4 is 10.2 Å². The predicted molar refractivity (Wildman–Crippen MR) is 147 cm³/mol. The minimum absolute atomic E-state index is 0.0347. The summed E-state index contributed by atoms with van der Waals surface area (Å²) in [5, 5.41) is 12.5. The largest absolute Gasteiger partial charge is 0.342 e. The molecule has 0 spiro atoms. The first-order valence-electron chi connectivity index (χ1n) is 12.0. The number of nitrogens with zero attached hydrogens (tertiary/aromatic N) is 4.